The zero-order valence-corrected chi connectivity index (χ0v) is 12.5. The summed E-state index contributed by atoms with van der Waals surface area (Å²) in [4.78, 5) is 1.66. The first kappa shape index (κ1) is 13.7. The maximum absolute atomic E-state index is 5.87. The van der Waals surface area contributed by atoms with Crippen LogP contribution in [0, 0.1) is 11.8 Å². The van der Waals surface area contributed by atoms with Crippen molar-refractivity contribution >= 4 is 34.7 Å². The van der Waals surface area contributed by atoms with Gasteiger partial charge in [-0.25, -0.2) is 0 Å². The van der Waals surface area contributed by atoms with E-state index in [1.807, 2.05) is 0 Å². The predicted octanol–water partition coefficient (Wildman–Crippen LogP) is 3.50. The minimum absolute atomic E-state index is 0.484. The Bertz CT molecular complexity index is 445. The number of rotatable bonds is 6. The van der Waals surface area contributed by atoms with Crippen molar-refractivity contribution in [1.29, 1.82) is 0 Å². The zero-order chi connectivity index (χ0) is 13.1. The Morgan fingerprint density at radius 3 is 2.83 bits per heavy atom. The minimum Gasteiger partial charge on any atom is -0.389 e. The fourth-order valence-corrected chi connectivity index (χ4v) is 3.27. The van der Waals surface area contributed by atoms with Gasteiger partial charge >= 0.3 is 0 Å². The lowest BCUT2D eigenvalue weighted by atomic mass is 10.1. The number of nitrogens with one attached hydrogen (secondary N) is 1. The summed E-state index contributed by atoms with van der Waals surface area (Å²) in [6.45, 7) is 5.46. The second-order valence-electron chi connectivity index (χ2n) is 4.83. The monoisotopic (exact) mass is 280 g/mol. The molecule has 0 saturated heterocycles. The van der Waals surface area contributed by atoms with Crippen LogP contribution in [0.15, 0.2) is 23.1 Å². The Kier molecular flexibility index (Phi) is 4.51. The predicted molar refractivity (Wildman–Crippen MR) is 84.5 cm³/mol. The summed E-state index contributed by atoms with van der Waals surface area (Å²) in [7, 11) is 0. The van der Waals surface area contributed by atoms with E-state index in [-0.39, 0.29) is 0 Å². The van der Waals surface area contributed by atoms with Gasteiger partial charge in [-0.05, 0) is 36.1 Å². The number of benzene rings is 1. The van der Waals surface area contributed by atoms with Crippen LogP contribution < -0.4 is 11.1 Å². The molecular formula is C14H20N2S2. The third kappa shape index (κ3) is 3.18. The second-order valence-corrected chi connectivity index (χ2v) is 6.58. The molecule has 98 valence electrons. The minimum atomic E-state index is 0.484. The van der Waals surface area contributed by atoms with Crippen molar-refractivity contribution in [2.45, 2.75) is 25.2 Å². The van der Waals surface area contributed by atoms with Gasteiger partial charge < -0.3 is 11.1 Å². The molecule has 18 heavy (non-hydrogen) atoms. The fourth-order valence-electron chi connectivity index (χ4n) is 2.13. The molecule has 0 amide bonds. The van der Waals surface area contributed by atoms with Gasteiger partial charge in [0.15, 0.2) is 0 Å². The molecule has 1 aliphatic carbocycles. The second kappa shape index (κ2) is 5.93. The van der Waals surface area contributed by atoms with E-state index in [1.54, 1.807) is 11.8 Å². The molecule has 1 aromatic carbocycles. The quantitative estimate of drug-likeness (QED) is 0.618. The highest BCUT2D eigenvalue weighted by molar-refractivity contribution is 7.99. The van der Waals surface area contributed by atoms with E-state index in [9.17, 15) is 0 Å². The van der Waals surface area contributed by atoms with Crippen molar-refractivity contribution in [3.8, 4) is 0 Å². The molecule has 1 saturated carbocycles. The first-order valence-corrected chi connectivity index (χ1v) is 7.82. The van der Waals surface area contributed by atoms with E-state index in [2.05, 4.69) is 37.4 Å². The van der Waals surface area contributed by atoms with Gasteiger partial charge in [0.05, 0.1) is 0 Å². The van der Waals surface area contributed by atoms with Crippen LogP contribution in [0.2, 0.25) is 0 Å². The Balaban J connectivity index is 2.16. The van der Waals surface area contributed by atoms with Gasteiger partial charge in [-0.1, -0.05) is 32.1 Å². The fraction of sp³-hybridized carbons (Fsp3) is 0.500. The molecule has 4 heteroatoms. The number of thiocarbonyl (C=S) groups is 1. The van der Waals surface area contributed by atoms with E-state index < -0.39 is 0 Å². The molecule has 1 aromatic rings. The Hall–Kier alpha value is -0.740. The van der Waals surface area contributed by atoms with E-state index >= 15 is 0 Å². The highest BCUT2D eigenvalue weighted by Gasteiger charge is 2.32. The lowest BCUT2D eigenvalue weighted by Gasteiger charge is -2.14. The Labute approximate surface area is 119 Å². The molecule has 1 fully saturated rings. The standard InChI is InChI=1S/C14H20N2S2/c1-3-18-12-6-4-5-11(13(12)14(15)17)16-8-10-7-9(10)2/h4-6,9-10,16H,3,7-8H2,1-2H3,(H2,15,17). The summed E-state index contributed by atoms with van der Waals surface area (Å²) in [5.74, 6) is 2.70. The number of nitrogens with two attached hydrogens (primary N) is 1. The molecule has 0 aromatic heterocycles. The zero-order valence-electron chi connectivity index (χ0n) is 10.9. The van der Waals surface area contributed by atoms with Gasteiger partial charge in [-0.2, -0.15) is 0 Å². The van der Waals surface area contributed by atoms with E-state index in [1.165, 1.54) is 11.3 Å². The number of thioether (sulfide) groups is 1. The molecule has 2 rings (SSSR count). The van der Waals surface area contributed by atoms with Gasteiger partial charge in [0, 0.05) is 22.7 Å². The third-order valence-corrected chi connectivity index (χ3v) is 4.55. The first-order valence-electron chi connectivity index (χ1n) is 6.43. The summed E-state index contributed by atoms with van der Waals surface area (Å²) in [6.07, 6.45) is 1.33. The molecule has 0 aliphatic heterocycles. The smallest absolute Gasteiger partial charge is 0.107 e. The van der Waals surface area contributed by atoms with E-state index in [4.69, 9.17) is 18.0 Å². The molecule has 2 nitrogen and oxygen atoms in total. The maximum Gasteiger partial charge on any atom is 0.107 e. The van der Waals surface area contributed by atoms with E-state index in [0.29, 0.717) is 4.99 Å². The average Bonchev–Trinajstić information content (AvgIpc) is 3.03. The number of anilines is 1. The largest absolute Gasteiger partial charge is 0.389 e. The SMILES string of the molecule is CCSc1cccc(NCC2CC2C)c1C(N)=S. The molecule has 2 atom stereocenters. The molecule has 3 N–H and O–H groups in total. The van der Waals surface area contributed by atoms with Crippen LogP contribution in [-0.4, -0.2) is 17.3 Å². The van der Waals surface area contributed by atoms with Crippen molar-refractivity contribution in [3.63, 3.8) is 0 Å². The molecular weight excluding hydrogens is 260 g/mol. The third-order valence-electron chi connectivity index (χ3n) is 3.40. The topological polar surface area (TPSA) is 38.0 Å². The van der Waals surface area contributed by atoms with E-state index in [0.717, 1.165) is 35.4 Å². The highest BCUT2D eigenvalue weighted by atomic mass is 32.2. The van der Waals surface area contributed by atoms with Crippen LogP contribution in [0.4, 0.5) is 5.69 Å². The van der Waals surface area contributed by atoms with Crippen molar-refractivity contribution in [2.24, 2.45) is 17.6 Å². The summed E-state index contributed by atoms with van der Waals surface area (Å²) >= 11 is 6.98. The molecule has 0 heterocycles. The first-order chi connectivity index (χ1) is 8.63. The van der Waals surface area contributed by atoms with Crippen LogP contribution in [-0.2, 0) is 0 Å². The summed E-state index contributed by atoms with van der Waals surface area (Å²) < 4.78 is 0. The lowest BCUT2D eigenvalue weighted by Crippen LogP contribution is -2.15. The van der Waals surface area contributed by atoms with Gasteiger partial charge in [0.25, 0.3) is 0 Å². The van der Waals surface area contributed by atoms with Crippen molar-refractivity contribution in [3.05, 3.63) is 23.8 Å². The summed E-state index contributed by atoms with van der Waals surface area (Å²) in [6, 6.07) is 6.23. The Morgan fingerprint density at radius 2 is 2.28 bits per heavy atom. The normalized spacial score (nSPS) is 21.7. The average molecular weight is 280 g/mol. The molecule has 0 spiro atoms. The highest BCUT2D eigenvalue weighted by Crippen LogP contribution is 2.38. The van der Waals surface area contributed by atoms with Crippen molar-refractivity contribution in [2.75, 3.05) is 17.6 Å². The van der Waals surface area contributed by atoms with Gasteiger partial charge in [-0.15, -0.1) is 11.8 Å². The summed E-state index contributed by atoms with van der Waals surface area (Å²) in [5, 5.41) is 3.50. The van der Waals surface area contributed by atoms with Gasteiger partial charge in [0.1, 0.15) is 4.99 Å². The van der Waals surface area contributed by atoms with Crippen LogP contribution in [0.25, 0.3) is 0 Å². The molecule has 2 unspecified atom stereocenters. The Morgan fingerprint density at radius 1 is 1.56 bits per heavy atom. The van der Waals surface area contributed by atoms with Crippen LogP contribution in [0.1, 0.15) is 25.8 Å². The van der Waals surface area contributed by atoms with Crippen LogP contribution in [0.3, 0.4) is 0 Å². The van der Waals surface area contributed by atoms with Crippen molar-refractivity contribution in [1.82, 2.24) is 0 Å². The molecule has 0 bridgehead atoms. The number of hydrogen-bond acceptors (Lipinski definition) is 3. The van der Waals surface area contributed by atoms with Crippen molar-refractivity contribution < 1.29 is 0 Å². The molecule has 0 radical (unpaired) electrons. The number of hydrogen-bond donors (Lipinski definition) is 2. The van der Waals surface area contributed by atoms with Gasteiger partial charge in [0.2, 0.25) is 0 Å². The van der Waals surface area contributed by atoms with Crippen LogP contribution in [0.5, 0.6) is 0 Å². The summed E-state index contributed by atoms with van der Waals surface area (Å²) in [5.41, 5.74) is 7.96. The lowest BCUT2D eigenvalue weighted by molar-refractivity contribution is 0.787. The van der Waals surface area contributed by atoms with Crippen LogP contribution >= 0.6 is 24.0 Å². The molecule has 1 aliphatic rings. The maximum atomic E-state index is 5.87. The van der Waals surface area contributed by atoms with Gasteiger partial charge in [-0.3, -0.25) is 0 Å².